The first-order valence-corrected chi connectivity index (χ1v) is 11.4. The minimum atomic E-state index is -0.322. The number of nitrogens with one attached hydrogen (secondary N) is 1. The Morgan fingerprint density at radius 1 is 1.06 bits per heavy atom. The van der Waals surface area contributed by atoms with Crippen molar-refractivity contribution in [1.82, 2.24) is 5.32 Å². The number of carbonyl (C=O) groups is 1. The molecule has 1 heterocycles. The van der Waals surface area contributed by atoms with Gasteiger partial charge in [0.2, 0.25) is 0 Å². The van der Waals surface area contributed by atoms with Crippen molar-refractivity contribution in [3.8, 4) is 11.5 Å². The summed E-state index contributed by atoms with van der Waals surface area (Å²) in [7, 11) is 0. The second-order valence-corrected chi connectivity index (χ2v) is 8.44. The Hall–Kier alpha value is -3.29. The van der Waals surface area contributed by atoms with Gasteiger partial charge in [-0.1, -0.05) is 35.9 Å². The Morgan fingerprint density at radius 3 is 2.61 bits per heavy atom. The van der Waals surface area contributed by atoms with Crippen LogP contribution in [0.2, 0.25) is 5.02 Å². The number of rotatable bonds is 7. The van der Waals surface area contributed by atoms with Gasteiger partial charge in [0.05, 0.1) is 17.2 Å². The maximum Gasteiger partial charge on any atom is 0.264 e. The predicted molar refractivity (Wildman–Crippen MR) is 131 cm³/mol. The molecule has 4 rings (SSSR count). The Balaban J connectivity index is 1.51. The van der Waals surface area contributed by atoms with Gasteiger partial charge in [-0.2, -0.15) is 0 Å². The molecule has 8 heteroatoms. The van der Waals surface area contributed by atoms with Crippen LogP contribution in [0.1, 0.15) is 18.1 Å². The maximum absolute atomic E-state index is 13.9. The molecule has 1 saturated heterocycles. The van der Waals surface area contributed by atoms with E-state index in [0.29, 0.717) is 44.5 Å². The highest BCUT2D eigenvalue weighted by molar-refractivity contribution is 8.18. The first-order valence-electron chi connectivity index (χ1n) is 10.2. The van der Waals surface area contributed by atoms with Gasteiger partial charge in [0, 0.05) is 10.6 Å². The lowest BCUT2D eigenvalue weighted by molar-refractivity contribution is -0.115. The molecule has 3 aromatic carbocycles. The molecule has 0 unspecified atom stereocenters. The number of amides is 1. The van der Waals surface area contributed by atoms with Crippen LogP contribution < -0.4 is 14.8 Å². The van der Waals surface area contributed by atoms with Crippen molar-refractivity contribution in [2.75, 3.05) is 6.61 Å². The molecule has 1 aliphatic rings. The maximum atomic E-state index is 13.9. The second-order valence-electron chi connectivity index (χ2n) is 6.98. The number of thioether (sulfide) groups is 1. The van der Waals surface area contributed by atoms with E-state index >= 15 is 0 Å². The van der Waals surface area contributed by atoms with E-state index in [1.807, 2.05) is 13.0 Å². The highest BCUT2D eigenvalue weighted by Crippen LogP contribution is 2.33. The molecule has 0 aliphatic carbocycles. The first-order chi connectivity index (χ1) is 16.0. The van der Waals surface area contributed by atoms with Gasteiger partial charge in [0.1, 0.15) is 12.4 Å². The average Bonchev–Trinajstić information content (AvgIpc) is 3.14. The van der Waals surface area contributed by atoms with Gasteiger partial charge < -0.3 is 14.8 Å². The third-order valence-corrected chi connectivity index (χ3v) is 5.78. The quantitative estimate of drug-likeness (QED) is 0.399. The van der Waals surface area contributed by atoms with Gasteiger partial charge >= 0.3 is 0 Å². The molecule has 0 atom stereocenters. The summed E-state index contributed by atoms with van der Waals surface area (Å²) in [5, 5.41) is 3.87. The number of hydrogen-bond donors (Lipinski definition) is 1. The standard InChI is InChI=1S/C25H20ClFN2O3S/c1-2-31-22-13-16(7-12-21(22)32-15-17-5-3-4-6-20(17)27)14-23-24(30)29-25(33-23)28-19-10-8-18(26)9-11-19/h3-14H,2,15H2,1H3,(H,28,29,30)/b23-14-. The van der Waals surface area contributed by atoms with Crippen molar-refractivity contribution >= 4 is 46.2 Å². The summed E-state index contributed by atoms with van der Waals surface area (Å²) < 4.78 is 25.4. The van der Waals surface area contributed by atoms with Crippen molar-refractivity contribution < 1.29 is 18.7 Å². The monoisotopic (exact) mass is 482 g/mol. The summed E-state index contributed by atoms with van der Waals surface area (Å²) in [4.78, 5) is 17.3. The molecular weight excluding hydrogens is 463 g/mol. The Kier molecular flexibility index (Phi) is 7.32. The van der Waals surface area contributed by atoms with Gasteiger partial charge in [-0.15, -0.1) is 0 Å². The van der Waals surface area contributed by atoms with E-state index < -0.39 is 0 Å². The van der Waals surface area contributed by atoms with Crippen molar-refractivity contribution in [2.24, 2.45) is 4.99 Å². The number of ether oxygens (including phenoxy) is 2. The van der Waals surface area contributed by atoms with Crippen LogP contribution in [0, 0.1) is 5.82 Å². The second kappa shape index (κ2) is 10.6. The molecule has 168 valence electrons. The summed E-state index contributed by atoms with van der Waals surface area (Å²) in [6.07, 6.45) is 1.76. The highest BCUT2D eigenvalue weighted by Gasteiger charge is 2.24. The summed E-state index contributed by atoms with van der Waals surface area (Å²) in [5.74, 6) is 0.458. The number of aliphatic imine (C=N–C) groups is 1. The smallest absolute Gasteiger partial charge is 0.264 e. The van der Waals surface area contributed by atoms with E-state index in [4.69, 9.17) is 21.1 Å². The Morgan fingerprint density at radius 2 is 1.85 bits per heavy atom. The van der Waals surface area contributed by atoms with Crippen LogP contribution in [0.25, 0.3) is 6.08 Å². The zero-order valence-electron chi connectivity index (χ0n) is 17.7. The van der Waals surface area contributed by atoms with E-state index in [2.05, 4.69) is 10.3 Å². The summed E-state index contributed by atoms with van der Waals surface area (Å²) >= 11 is 7.15. The van der Waals surface area contributed by atoms with E-state index in [0.717, 1.165) is 5.56 Å². The number of hydrogen-bond acceptors (Lipinski definition) is 5. The van der Waals surface area contributed by atoms with Crippen LogP contribution in [0.3, 0.4) is 0 Å². The third-order valence-electron chi connectivity index (χ3n) is 4.61. The lowest BCUT2D eigenvalue weighted by Gasteiger charge is -2.13. The van der Waals surface area contributed by atoms with Gasteiger partial charge in [0.15, 0.2) is 16.7 Å². The van der Waals surface area contributed by atoms with Crippen molar-refractivity contribution in [2.45, 2.75) is 13.5 Å². The molecule has 1 aliphatic heterocycles. The molecular formula is C25H20ClFN2O3S. The average molecular weight is 483 g/mol. The normalized spacial score (nSPS) is 15.7. The molecule has 0 bridgehead atoms. The topological polar surface area (TPSA) is 59.9 Å². The Bertz CT molecular complexity index is 1230. The summed E-state index contributed by atoms with van der Waals surface area (Å²) in [6, 6.07) is 18.8. The number of nitrogens with zero attached hydrogens (tertiary/aromatic N) is 1. The van der Waals surface area contributed by atoms with Gasteiger partial charge in [-0.05, 0) is 72.8 Å². The van der Waals surface area contributed by atoms with Crippen LogP contribution in [0.4, 0.5) is 10.1 Å². The van der Waals surface area contributed by atoms with E-state index in [1.54, 1.807) is 60.7 Å². The number of benzene rings is 3. The number of amidine groups is 1. The molecule has 1 fully saturated rings. The zero-order valence-corrected chi connectivity index (χ0v) is 19.3. The van der Waals surface area contributed by atoms with Gasteiger partial charge in [0.25, 0.3) is 5.91 Å². The minimum Gasteiger partial charge on any atom is -0.490 e. The van der Waals surface area contributed by atoms with Crippen LogP contribution >= 0.6 is 23.4 Å². The van der Waals surface area contributed by atoms with E-state index in [9.17, 15) is 9.18 Å². The summed E-state index contributed by atoms with van der Waals surface area (Å²) in [6.45, 7) is 2.38. The molecule has 0 saturated carbocycles. The van der Waals surface area contributed by atoms with Crippen LogP contribution in [0.15, 0.2) is 76.6 Å². The SMILES string of the molecule is CCOc1cc(/C=C2\SC(=Nc3ccc(Cl)cc3)NC2=O)ccc1OCc1ccccc1F. The van der Waals surface area contributed by atoms with Crippen LogP contribution in [0.5, 0.6) is 11.5 Å². The van der Waals surface area contributed by atoms with Crippen molar-refractivity contribution in [1.29, 1.82) is 0 Å². The fraction of sp³-hybridized carbons (Fsp3) is 0.120. The number of halogens is 2. The molecule has 1 amide bonds. The molecule has 0 radical (unpaired) electrons. The lowest BCUT2D eigenvalue weighted by atomic mass is 10.1. The largest absolute Gasteiger partial charge is 0.490 e. The van der Waals surface area contributed by atoms with E-state index in [1.165, 1.54) is 17.8 Å². The van der Waals surface area contributed by atoms with Crippen LogP contribution in [-0.2, 0) is 11.4 Å². The number of carbonyl (C=O) groups excluding carboxylic acids is 1. The lowest BCUT2D eigenvalue weighted by Crippen LogP contribution is -2.19. The van der Waals surface area contributed by atoms with Crippen LogP contribution in [-0.4, -0.2) is 17.7 Å². The molecule has 3 aromatic rings. The molecule has 33 heavy (non-hydrogen) atoms. The highest BCUT2D eigenvalue weighted by atomic mass is 35.5. The van der Waals surface area contributed by atoms with Crippen molar-refractivity contribution in [3.63, 3.8) is 0 Å². The molecule has 0 spiro atoms. The third kappa shape index (κ3) is 5.94. The van der Waals surface area contributed by atoms with Gasteiger partial charge in [-0.3, -0.25) is 4.79 Å². The fourth-order valence-corrected chi connectivity index (χ4v) is 4.01. The molecule has 1 N–H and O–H groups in total. The Labute approximate surface area is 200 Å². The zero-order chi connectivity index (χ0) is 23.2. The fourth-order valence-electron chi connectivity index (χ4n) is 3.04. The summed E-state index contributed by atoms with van der Waals surface area (Å²) in [5.41, 5.74) is 1.91. The first kappa shape index (κ1) is 22.9. The van der Waals surface area contributed by atoms with E-state index in [-0.39, 0.29) is 18.3 Å². The minimum absolute atomic E-state index is 0.0793. The van der Waals surface area contributed by atoms with Crippen molar-refractivity contribution in [3.05, 3.63) is 93.6 Å². The predicted octanol–water partition coefficient (Wildman–Crippen LogP) is 6.35. The molecule has 0 aromatic heterocycles. The molecule has 5 nitrogen and oxygen atoms in total. The van der Waals surface area contributed by atoms with Gasteiger partial charge in [-0.25, -0.2) is 9.38 Å².